The van der Waals surface area contributed by atoms with Crippen LogP contribution in [0.4, 0.5) is 0 Å². The Labute approximate surface area is 480 Å². The van der Waals surface area contributed by atoms with Crippen LogP contribution in [0.1, 0.15) is 278 Å². The molecule has 0 bridgehead atoms. The third kappa shape index (κ3) is 44.5. The zero-order valence-corrected chi connectivity index (χ0v) is 50.1. The fourth-order valence-electron chi connectivity index (χ4n) is 9.44. The van der Waals surface area contributed by atoms with Crippen LogP contribution >= 0.6 is 0 Å². The molecule has 0 spiro atoms. The van der Waals surface area contributed by atoms with E-state index in [1.165, 1.54) is 135 Å². The summed E-state index contributed by atoms with van der Waals surface area (Å²) in [5, 5.41) is 31.5. The highest BCUT2D eigenvalue weighted by molar-refractivity contribution is 5.74. The number of aliphatic hydroxyl groups excluding tert-OH is 2. The van der Waals surface area contributed by atoms with Crippen molar-refractivity contribution in [2.45, 2.75) is 314 Å². The Morgan fingerprint density at radius 1 is 0.443 bits per heavy atom. The Balaban J connectivity index is 2.69. The van der Waals surface area contributed by atoms with E-state index in [9.17, 15) is 34.5 Å². The van der Waals surface area contributed by atoms with Gasteiger partial charge in [-0.05, 0) is 70.6 Å². The number of rotatable bonds is 54. The van der Waals surface area contributed by atoms with E-state index in [4.69, 9.17) is 23.7 Å². The molecule has 6 unspecified atom stereocenters. The summed E-state index contributed by atoms with van der Waals surface area (Å²) in [4.78, 5) is 51.2. The van der Waals surface area contributed by atoms with Crippen LogP contribution in [-0.4, -0.2) is 89.2 Å². The number of hydrogen-bond donors (Lipinski definition) is 3. The molecule has 454 valence electrons. The number of ether oxygens (including phenoxy) is 5. The normalized spacial score (nSPS) is 18.3. The highest BCUT2D eigenvalue weighted by atomic mass is 16.7. The van der Waals surface area contributed by atoms with Crippen LogP contribution in [0.15, 0.2) is 72.9 Å². The minimum Gasteiger partial charge on any atom is -0.479 e. The SMILES string of the molecule is CC/C=C\C/C=C\C/C=C\C/C=C\C/C=C\CC(=O)OC1C(OCC(COC(=O)CCCCCCCCCCCCCCCCCCCCC)OC(=O)CCCCCCC/C=C\CCCCCCCC)OC(C(=O)O)C(O)C1O. The fraction of sp³-hybridized carbons (Fsp3) is 0.761. The topological polar surface area (TPSA) is 175 Å². The Morgan fingerprint density at radius 3 is 1.27 bits per heavy atom. The molecule has 0 aromatic heterocycles. The first-order valence-corrected chi connectivity index (χ1v) is 31.9. The molecule has 79 heavy (non-hydrogen) atoms. The van der Waals surface area contributed by atoms with Gasteiger partial charge in [-0.1, -0.05) is 261 Å². The number of esters is 3. The fourth-order valence-corrected chi connectivity index (χ4v) is 9.44. The molecule has 0 aromatic carbocycles. The third-order valence-corrected chi connectivity index (χ3v) is 14.3. The molecule has 1 rings (SSSR count). The van der Waals surface area contributed by atoms with Crippen molar-refractivity contribution in [2.75, 3.05) is 13.2 Å². The number of carboxylic acid groups (broad SMARTS) is 1. The van der Waals surface area contributed by atoms with Crippen LogP contribution in [0.5, 0.6) is 0 Å². The van der Waals surface area contributed by atoms with E-state index in [1.54, 1.807) is 12.2 Å². The van der Waals surface area contributed by atoms with Gasteiger partial charge in [0, 0.05) is 12.8 Å². The van der Waals surface area contributed by atoms with E-state index >= 15 is 0 Å². The zero-order chi connectivity index (χ0) is 57.5. The minimum atomic E-state index is -1.94. The van der Waals surface area contributed by atoms with E-state index < -0.39 is 67.3 Å². The number of unbranched alkanes of at least 4 members (excludes halogenated alkanes) is 29. The molecule has 12 heteroatoms. The summed E-state index contributed by atoms with van der Waals surface area (Å²) in [6, 6.07) is 0. The van der Waals surface area contributed by atoms with Gasteiger partial charge in [-0.2, -0.15) is 0 Å². The van der Waals surface area contributed by atoms with Crippen LogP contribution in [0.3, 0.4) is 0 Å². The van der Waals surface area contributed by atoms with Gasteiger partial charge in [-0.15, -0.1) is 0 Å². The zero-order valence-electron chi connectivity index (χ0n) is 50.1. The van der Waals surface area contributed by atoms with Crippen molar-refractivity contribution in [1.29, 1.82) is 0 Å². The average Bonchev–Trinajstić information content (AvgIpc) is 3.44. The number of carbonyl (C=O) groups is 4. The van der Waals surface area contributed by atoms with Gasteiger partial charge in [0.05, 0.1) is 13.0 Å². The molecule has 0 saturated carbocycles. The molecular formula is C67H114O12. The summed E-state index contributed by atoms with van der Waals surface area (Å²) in [5.74, 6) is -3.28. The van der Waals surface area contributed by atoms with Gasteiger partial charge in [-0.3, -0.25) is 14.4 Å². The Bertz CT molecular complexity index is 1650. The van der Waals surface area contributed by atoms with Gasteiger partial charge in [0.15, 0.2) is 24.6 Å². The molecule has 12 nitrogen and oxygen atoms in total. The van der Waals surface area contributed by atoms with Crippen molar-refractivity contribution in [3.05, 3.63) is 72.9 Å². The lowest BCUT2D eigenvalue weighted by atomic mass is 9.98. The Hall–Kier alpha value is -3.84. The predicted octanol–water partition coefficient (Wildman–Crippen LogP) is 16.9. The summed E-state index contributed by atoms with van der Waals surface area (Å²) in [5.41, 5.74) is 0. The number of allylic oxidation sites excluding steroid dienone is 11. The van der Waals surface area contributed by atoms with E-state index in [1.807, 2.05) is 12.2 Å². The lowest BCUT2D eigenvalue weighted by Crippen LogP contribution is -2.61. The van der Waals surface area contributed by atoms with Gasteiger partial charge >= 0.3 is 23.9 Å². The third-order valence-electron chi connectivity index (χ3n) is 14.3. The van der Waals surface area contributed by atoms with E-state index in [-0.39, 0.29) is 25.9 Å². The molecule has 0 amide bonds. The van der Waals surface area contributed by atoms with Crippen LogP contribution in [0, 0.1) is 0 Å². The standard InChI is InChI=1S/C67H114O12/c1-4-7-10-13-16-19-22-25-28-29-30-31-34-35-38-41-44-47-50-53-59(68)75-56-58(77-60(69)54-51-48-45-42-39-36-32-26-23-20-17-14-11-8-5-2)57-76-67-65(63(72)62(71)64(79-67)66(73)74)78-61(70)55-52-49-46-43-40-37-33-27-24-21-18-15-12-9-6-3/h9,12,18,21,26-27,32-33,40,43,49,52,58,62-65,67,71-72H,4-8,10-11,13-17,19-20,22-25,28-31,34-39,41-42,44-48,50-51,53-57H2,1-3H3,(H,73,74)/b12-9-,21-18-,32-26-,33-27-,43-40-,52-49-. The Kier molecular flexibility index (Phi) is 50.7. The first kappa shape index (κ1) is 73.2. The summed E-state index contributed by atoms with van der Waals surface area (Å²) < 4.78 is 28.4. The van der Waals surface area contributed by atoms with Crippen molar-refractivity contribution in [3.8, 4) is 0 Å². The van der Waals surface area contributed by atoms with E-state index in [0.717, 1.165) is 83.5 Å². The van der Waals surface area contributed by atoms with E-state index in [0.29, 0.717) is 19.3 Å². The number of carboxylic acids is 1. The number of aliphatic carboxylic acids is 1. The molecule has 6 atom stereocenters. The number of hydrogen-bond acceptors (Lipinski definition) is 11. The minimum absolute atomic E-state index is 0.143. The van der Waals surface area contributed by atoms with Gasteiger partial charge in [-0.25, -0.2) is 4.79 Å². The maximum atomic E-state index is 13.2. The second kappa shape index (κ2) is 54.7. The Morgan fingerprint density at radius 2 is 0.835 bits per heavy atom. The van der Waals surface area contributed by atoms with Crippen molar-refractivity contribution in [1.82, 2.24) is 0 Å². The van der Waals surface area contributed by atoms with Crippen LogP contribution in [-0.2, 0) is 42.9 Å². The first-order valence-electron chi connectivity index (χ1n) is 31.9. The summed E-state index contributed by atoms with van der Waals surface area (Å²) in [6.45, 7) is 5.86. The van der Waals surface area contributed by atoms with Crippen LogP contribution in [0.2, 0.25) is 0 Å². The molecule has 0 aliphatic carbocycles. The van der Waals surface area contributed by atoms with Crippen LogP contribution in [0.25, 0.3) is 0 Å². The highest BCUT2D eigenvalue weighted by Crippen LogP contribution is 2.26. The summed E-state index contributed by atoms with van der Waals surface area (Å²) in [7, 11) is 0. The molecule has 0 radical (unpaired) electrons. The van der Waals surface area contributed by atoms with Gasteiger partial charge in [0.25, 0.3) is 0 Å². The largest absolute Gasteiger partial charge is 0.479 e. The van der Waals surface area contributed by atoms with Gasteiger partial charge < -0.3 is 39.0 Å². The highest BCUT2D eigenvalue weighted by Gasteiger charge is 2.50. The molecule has 1 saturated heterocycles. The van der Waals surface area contributed by atoms with Crippen molar-refractivity contribution in [2.24, 2.45) is 0 Å². The molecule has 3 N–H and O–H groups in total. The molecule has 0 aromatic rings. The maximum Gasteiger partial charge on any atom is 0.335 e. The summed E-state index contributed by atoms with van der Waals surface area (Å²) in [6.07, 6.45) is 57.5. The molecule has 1 aliphatic rings. The molecule has 1 fully saturated rings. The molecule has 1 aliphatic heterocycles. The second-order valence-electron chi connectivity index (χ2n) is 21.7. The van der Waals surface area contributed by atoms with Crippen molar-refractivity contribution >= 4 is 23.9 Å². The first-order chi connectivity index (χ1) is 38.6. The quantitative estimate of drug-likeness (QED) is 0.0228. The molecule has 1 heterocycles. The predicted molar refractivity (Wildman–Crippen MR) is 322 cm³/mol. The monoisotopic (exact) mass is 1110 g/mol. The number of aliphatic hydroxyl groups is 2. The van der Waals surface area contributed by atoms with Crippen molar-refractivity contribution < 1.29 is 58.2 Å². The average molecular weight is 1110 g/mol. The lowest BCUT2D eigenvalue weighted by Gasteiger charge is -2.40. The lowest BCUT2D eigenvalue weighted by molar-refractivity contribution is -0.301. The van der Waals surface area contributed by atoms with Gasteiger partial charge in [0.2, 0.25) is 0 Å². The van der Waals surface area contributed by atoms with E-state index in [2.05, 4.69) is 69.4 Å². The maximum absolute atomic E-state index is 13.2. The number of carbonyl (C=O) groups excluding carboxylic acids is 3. The van der Waals surface area contributed by atoms with Gasteiger partial charge in [0.1, 0.15) is 18.8 Å². The van der Waals surface area contributed by atoms with Crippen LogP contribution < -0.4 is 0 Å². The summed E-state index contributed by atoms with van der Waals surface area (Å²) >= 11 is 0. The smallest absolute Gasteiger partial charge is 0.335 e. The second-order valence-corrected chi connectivity index (χ2v) is 21.7. The molecular weight excluding hydrogens is 997 g/mol. The van der Waals surface area contributed by atoms with Crippen molar-refractivity contribution in [3.63, 3.8) is 0 Å².